The van der Waals surface area contributed by atoms with Gasteiger partial charge in [0.1, 0.15) is 5.15 Å². The largest absolute Gasteiger partial charge is 0.329 e. The molecule has 94 valence electrons. The van der Waals surface area contributed by atoms with Crippen molar-refractivity contribution in [1.29, 1.82) is 0 Å². The Bertz CT molecular complexity index is 540. The third kappa shape index (κ3) is 2.18. The highest BCUT2D eigenvalue weighted by Gasteiger charge is 2.33. The van der Waals surface area contributed by atoms with Gasteiger partial charge in [-0.3, -0.25) is 14.3 Å². The first-order valence-corrected chi connectivity index (χ1v) is 6.36. The van der Waals surface area contributed by atoms with Gasteiger partial charge < -0.3 is 0 Å². The Balaban J connectivity index is 2.47. The fraction of sp³-hybridized carbons (Fsp3) is 0.667. The molecule has 0 spiro atoms. The van der Waals surface area contributed by atoms with E-state index in [0.29, 0.717) is 18.5 Å². The molecule has 0 unspecified atom stereocenters. The van der Waals surface area contributed by atoms with E-state index < -0.39 is 5.69 Å². The van der Waals surface area contributed by atoms with Gasteiger partial charge in [0.25, 0.3) is 5.56 Å². The van der Waals surface area contributed by atoms with Crippen LogP contribution in [0.3, 0.4) is 0 Å². The second-order valence-corrected chi connectivity index (χ2v) is 5.51. The molecule has 0 atom stereocenters. The summed E-state index contributed by atoms with van der Waals surface area (Å²) >= 11 is 5.86. The maximum Gasteiger partial charge on any atom is 0.329 e. The highest BCUT2D eigenvalue weighted by Crippen LogP contribution is 2.41. The molecule has 2 rings (SSSR count). The van der Waals surface area contributed by atoms with E-state index in [4.69, 9.17) is 11.6 Å². The van der Waals surface area contributed by atoms with E-state index in [9.17, 15) is 9.59 Å². The first kappa shape index (κ1) is 12.4. The van der Waals surface area contributed by atoms with Gasteiger partial charge in [0.2, 0.25) is 0 Å². The van der Waals surface area contributed by atoms with Gasteiger partial charge in [-0.2, -0.15) is 0 Å². The van der Waals surface area contributed by atoms with Crippen LogP contribution in [0, 0.1) is 5.41 Å². The lowest BCUT2D eigenvalue weighted by molar-refractivity contribution is 0.128. The van der Waals surface area contributed by atoms with Crippen LogP contribution >= 0.6 is 11.6 Å². The van der Waals surface area contributed by atoms with Gasteiger partial charge in [0, 0.05) is 6.54 Å². The molecule has 4 nitrogen and oxygen atoms in total. The van der Waals surface area contributed by atoms with Gasteiger partial charge in [-0.1, -0.05) is 31.9 Å². The molecule has 0 saturated heterocycles. The molecule has 1 fully saturated rings. The zero-order valence-corrected chi connectivity index (χ0v) is 10.9. The molecule has 5 heteroatoms. The molecule has 17 heavy (non-hydrogen) atoms. The van der Waals surface area contributed by atoms with Crippen LogP contribution in [0.2, 0.25) is 5.15 Å². The fourth-order valence-corrected chi connectivity index (χ4v) is 2.65. The molecule has 0 radical (unpaired) electrons. The minimum absolute atomic E-state index is 0.0929. The highest BCUT2D eigenvalue weighted by molar-refractivity contribution is 6.30. The Labute approximate surface area is 105 Å². The molecule has 1 aromatic rings. The van der Waals surface area contributed by atoms with Crippen LogP contribution in [0.25, 0.3) is 0 Å². The summed E-state index contributed by atoms with van der Waals surface area (Å²) in [6.45, 7) is 4.46. The van der Waals surface area contributed by atoms with E-state index in [1.165, 1.54) is 11.0 Å². The van der Waals surface area contributed by atoms with E-state index in [1.54, 1.807) is 0 Å². The van der Waals surface area contributed by atoms with Crippen molar-refractivity contribution >= 4 is 11.6 Å². The predicted octanol–water partition coefficient (Wildman–Crippen LogP) is 1.94. The van der Waals surface area contributed by atoms with Crippen molar-refractivity contribution in [3.8, 4) is 0 Å². The summed E-state index contributed by atoms with van der Waals surface area (Å²) in [5, 5.41) is 0.178. The van der Waals surface area contributed by atoms with Crippen LogP contribution in [0.1, 0.15) is 38.7 Å². The SMILES string of the molecule is CCc1c(Cl)[nH]c(=O)n(CC2(C)CCC2)c1=O. The van der Waals surface area contributed by atoms with Gasteiger partial charge in [-0.05, 0) is 24.7 Å². The molecule has 1 heterocycles. The molecule has 0 aliphatic heterocycles. The lowest BCUT2D eigenvalue weighted by Gasteiger charge is -2.38. The van der Waals surface area contributed by atoms with E-state index >= 15 is 0 Å². The molecule has 0 amide bonds. The zero-order chi connectivity index (χ0) is 12.6. The molecule has 1 aliphatic rings. The first-order valence-electron chi connectivity index (χ1n) is 5.98. The summed E-state index contributed by atoms with van der Waals surface area (Å²) in [6.07, 6.45) is 3.86. The topological polar surface area (TPSA) is 54.9 Å². The van der Waals surface area contributed by atoms with E-state index in [-0.39, 0.29) is 16.1 Å². The van der Waals surface area contributed by atoms with E-state index in [2.05, 4.69) is 11.9 Å². The average Bonchev–Trinajstić information content (AvgIpc) is 2.22. The van der Waals surface area contributed by atoms with Crippen molar-refractivity contribution in [2.45, 2.75) is 46.1 Å². The zero-order valence-electron chi connectivity index (χ0n) is 10.2. The van der Waals surface area contributed by atoms with Crippen LogP contribution < -0.4 is 11.2 Å². The lowest BCUT2D eigenvalue weighted by Crippen LogP contribution is -2.43. The molecule has 1 aliphatic carbocycles. The van der Waals surface area contributed by atoms with Crippen LogP contribution in [0.15, 0.2) is 9.59 Å². The van der Waals surface area contributed by atoms with Crippen molar-refractivity contribution in [2.75, 3.05) is 0 Å². The quantitative estimate of drug-likeness (QED) is 0.841. The number of H-pyrrole nitrogens is 1. The van der Waals surface area contributed by atoms with Crippen molar-refractivity contribution in [3.63, 3.8) is 0 Å². The molecular weight excluding hydrogens is 240 g/mol. The minimum atomic E-state index is -0.398. The van der Waals surface area contributed by atoms with E-state index in [0.717, 1.165) is 12.8 Å². The summed E-state index contributed by atoms with van der Waals surface area (Å²) < 4.78 is 1.30. The Morgan fingerprint density at radius 2 is 2.06 bits per heavy atom. The minimum Gasteiger partial charge on any atom is -0.297 e. The standard InChI is InChI=1S/C12H17ClN2O2/c1-3-8-9(13)14-11(17)15(10(8)16)7-12(2)5-4-6-12/h3-7H2,1-2H3,(H,14,17). The van der Waals surface area contributed by atoms with Crippen LogP contribution in [0.4, 0.5) is 0 Å². The van der Waals surface area contributed by atoms with Crippen LogP contribution in [-0.4, -0.2) is 9.55 Å². The van der Waals surface area contributed by atoms with E-state index in [1.807, 2.05) is 6.92 Å². The third-order valence-electron chi connectivity index (χ3n) is 3.68. The highest BCUT2D eigenvalue weighted by atomic mass is 35.5. The normalized spacial score (nSPS) is 17.8. The molecular formula is C12H17ClN2O2. The molecule has 0 bridgehead atoms. The van der Waals surface area contributed by atoms with Crippen LogP contribution in [0.5, 0.6) is 0 Å². The molecule has 0 aromatic carbocycles. The van der Waals surface area contributed by atoms with Crippen molar-refractivity contribution in [3.05, 3.63) is 31.6 Å². The summed E-state index contributed by atoms with van der Waals surface area (Å²) in [7, 11) is 0. The number of nitrogens with zero attached hydrogens (tertiary/aromatic N) is 1. The number of halogens is 1. The number of nitrogens with one attached hydrogen (secondary N) is 1. The van der Waals surface area contributed by atoms with Gasteiger partial charge >= 0.3 is 5.69 Å². The van der Waals surface area contributed by atoms with Gasteiger partial charge in [0.05, 0.1) is 5.56 Å². The van der Waals surface area contributed by atoms with Gasteiger partial charge in [-0.25, -0.2) is 4.79 Å². The molecule has 1 saturated carbocycles. The maximum absolute atomic E-state index is 12.1. The van der Waals surface area contributed by atoms with Gasteiger partial charge in [0.15, 0.2) is 0 Å². The number of aromatic nitrogens is 2. The third-order valence-corrected chi connectivity index (χ3v) is 4.01. The number of aromatic amines is 1. The predicted molar refractivity (Wildman–Crippen MR) is 67.7 cm³/mol. The van der Waals surface area contributed by atoms with Crippen molar-refractivity contribution in [1.82, 2.24) is 9.55 Å². The summed E-state index contributed by atoms with van der Waals surface area (Å²) in [5.74, 6) is 0. The summed E-state index contributed by atoms with van der Waals surface area (Å²) in [4.78, 5) is 26.4. The summed E-state index contributed by atoms with van der Waals surface area (Å²) in [6, 6.07) is 0. The molecule has 1 N–H and O–H groups in total. The second kappa shape index (κ2) is 4.33. The number of rotatable bonds is 3. The Morgan fingerprint density at radius 3 is 2.53 bits per heavy atom. The monoisotopic (exact) mass is 256 g/mol. The number of hydrogen-bond donors (Lipinski definition) is 1. The van der Waals surface area contributed by atoms with Crippen molar-refractivity contribution in [2.24, 2.45) is 5.41 Å². The van der Waals surface area contributed by atoms with Gasteiger partial charge in [-0.15, -0.1) is 0 Å². The smallest absolute Gasteiger partial charge is 0.297 e. The lowest BCUT2D eigenvalue weighted by atomic mass is 9.70. The fourth-order valence-electron chi connectivity index (χ4n) is 2.36. The summed E-state index contributed by atoms with van der Waals surface area (Å²) in [5.41, 5.74) is -0.0516. The first-order chi connectivity index (χ1) is 7.97. The Hall–Kier alpha value is -1.03. The average molecular weight is 257 g/mol. The van der Waals surface area contributed by atoms with Crippen molar-refractivity contribution < 1.29 is 0 Å². The Kier molecular flexibility index (Phi) is 3.17. The second-order valence-electron chi connectivity index (χ2n) is 5.13. The van der Waals surface area contributed by atoms with Crippen LogP contribution in [-0.2, 0) is 13.0 Å². The molecule has 1 aromatic heterocycles. The number of hydrogen-bond acceptors (Lipinski definition) is 2. The Morgan fingerprint density at radius 1 is 1.41 bits per heavy atom. The maximum atomic E-state index is 12.1.